The van der Waals surface area contributed by atoms with E-state index in [0.717, 1.165) is 0 Å². The predicted octanol–water partition coefficient (Wildman–Crippen LogP) is -0.982. The van der Waals surface area contributed by atoms with Crippen molar-refractivity contribution in [1.82, 2.24) is 0 Å². The monoisotopic (exact) mass is 122 g/mol. The summed E-state index contributed by atoms with van der Waals surface area (Å²) in [5.41, 5.74) is 0. The first kappa shape index (κ1) is 4.61. The van der Waals surface area contributed by atoms with Crippen molar-refractivity contribution >= 4 is 21.4 Å². The zero-order valence-electron chi connectivity index (χ0n) is 3.16. The van der Waals surface area contributed by atoms with Gasteiger partial charge >= 0.3 is 5.97 Å². The fraction of sp³-hybridized carbons (Fsp3) is 0. The van der Waals surface area contributed by atoms with Gasteiger partial charge in [0.15, 0.2) is 0 Å². The third kappa shape index (κ3) is 0.726. The summed E-state index contributed by atoms with van der Waals surface area (Å²) in [6, 6.07) is 0. The molecule has 1 unspecified atom stereocenters. The molecule has 0 radical (unpaired) electrons. The lowest BCUT2D eigenvalue weighted by molar-refractivity contribution is -0.127. The van der Waals surface area contributed by atoms with Crippen LogP contribution in [-0.2, 0) is 19.1 Å². The van der Waals surface area contributed by atoms with Gasteiger partial charge in [0, 0.05) is 0 Å². The fourth-order valence-electron chi connectivity index (χ4n) is 0.240. The summed E-state index contributed by atoms with van der Waals surface area (Å²) in [4.78, 5) is 9.70. The third-order valence-corrected chi connectivity index (χ3v) is 1.34. The van der Waals surface area contributed by atoms with Gasteiger partial charge in [-0.2, -0.15) is 4.21 Å². The van der Waals surface area contributed by atoms with Crippen molar-refractivity contribution in [3.8, 4) is 0 Å². The van der Waals surface area contributed by atoms with E-state index in [0.29, 0.717) is 5.37 Å². The first-order valence-electron chi connectivity index (χ1n) is 1.45. The maximum absolute atomic E-state index is 9.91. The Morgan fingerprint density at radius 3 is 2.29 bits per heavy atom. The Morgan fingerprint density at radius 1 is 1.86 bits per heavy atom. The highest BCUT2D eigenvalue weighted by Crippen LogP contribution is 1.97. The van der Waals surface area contributed by atoms with Crippen LogP contribution in [0.5, 0.6) is 0 Å². The van der Waals surface area contributed by atoms with Crippen molar-refractivity contribution in [2.24, 2.45) is 0 Å². The lowest BCUT2D eigenvalue weighted by Crippen LogP contribution is -2.27. The molecule has 0 spiro atoms. The molecule has 0 saturated heterocycles. The Hall–Kier alpha value is -0.550. The molecule has 4 nitrogen and oxygen atoms in total. The number of carbonyl (C=O) groups excluding carboxylic acids is 1. The van der Waals surface area contributed by atoms with E-state index in [-0.39, 0.29) is 0 Å². The van der Waals surface area contributed by atoms with Crippen LogP contribution < -0.4 is 0 Å². The number of rotatable bonds is 0. The minimum absolute atomic E-state index is 0.632. The first-order valence-corrected chi connectivity index (χ1v) is 2.95. The van der Waals surface area contributed by atoms with Gasteiger partial charge in [-0.05, 0) is 0 Å². The Balaban J connectivity index is 3.08. The molecule has 7 heavy (non-hydrogen) atoms. The van der Waals surface area contributed by atoms with E-state index in [4.69, 9.17) is 4.55 Å². The normalized spacial score (nSPS) is 38.1. The Kier molecular flexibility index (Phi) is 0.650. The highest BCUT2D eigenvalue weighted by atomic mass is 32.2. The van der Waals surface area contributed by atoms with Crippen LogP contribution in [0.1, 0.15) is 0 Å². The molecule has 1 aliphatic heterocycles. The highest BCUT2D eigenvalue weighted by Gasteiger charge is 2.21. The van der Waals surface area contributed by atoms with E-state index in [9.17, 15) is 9.00 Å². The average molecular weight is 122 g/mol. The van der Waals surface area contributed by atoms with Crippen LogP contribution in [0.2, 0.25) is 0 Å². The van der Waals surface area contributed by atoms with E-state index in [2.05, 4.69) is 4.18 Å². The highest BCUT2D eigenvalue weighted by molar-refractivity contribution is 7.95. The van der Waals surface area contributed by atoms with Crippen LogP contribution in [0.3, 0.4) is 0 Å². The van der Waals surface area contributed by atoms with Gasteiger partial charge < -0.3 is 4.18 Å². The molecule has 5 heteroatoms. The summed E-state index contributed by atoms with van der Waals surface area (Å²) in [5.74, 6) is -0.729. The van der Waals surface area contributed by atoms with Crippen molar-refractivity contribution in [2.45, 2.75) is 0 Å². The van der Waals surface area contributed by atoms with Crippen molar-refractivity contribution in [3.63, 3.8) is 0 Å². The van der Waals surface area contributed by atoms with Crippen molar-refractivity contribution < 1.29 is 17.7 Å². The van der Waals surface area contributed by atoms with Crippen molar-refractivity contribution in [3.05, 3.63) is 0 Å². The molecule has 1 rings (SSSR count). The average Bonchev–Trinajstić information content (AvgIpc) is 1.27. The van der Waals surface area contributed by atoms with E-state index in [1.807, 2.05) is 0 Å². The molecule has 40 valence electrons. The van der Waals surface area contributed by atoms with Crippen molar-refractivity contribution in [1.29, 1.82) is 0 Å². The summed E-state index contributed by atoms with van der Waals surface area (Å²) >= 11 is 0. The van der Waals surface area contributed by atoms with Gasteiger partial charge in [-0.1, -0.05) is 0 Å². The Labute approximate surface area is 40.1 Å². The van der Waals surface area contributed by atoms with Gasteiger partial charge in [0.25, 0.3) is 10.1 Å². The molecular formula is C2H2O4S. The molecule has 0 aliphatic carbocycles. The zero-order valence-corrected chi connectivity index (χ0v) is 3.97. The van der Waals surface area contributed by atoms with E-state index >= 15 is 0 Å². The lowest BCUT2D eigenvalue weighted by Gasteiger charge is -2.08. The quantitative estimate of drug-likeness (QED) is 0.419. The SMILES string of the molecule is O=C1C=S(=O)(O)O1. The maximum Gasteiger partial charge on any atom is 0.359 e. The molecule has 1 aliphatic rings. The van der Waals surface area contributed by atoms with Crippen molar-refractivity contribution in [2.75, 3.05) is 0 Å². The van der Waals surface area contributed by atoms with Gasteiger partial charge in [0.2, 0.25) is 0 Å². The molecule has 0 aromatic heterocycles. The smallest absolute Gasteiger partial charge is 0.348 e. The lowest BCUT2D eigenvalue weighted by atomic mass is 10.8. The van der Waals surface area contributed by atoms with Crippen LogP contribution in [0.15, 0.2) is 0 Å². The second kappa shape index (κ2) is 0.988. The van der Waals surface area contributed by atoms with Crippen LogP contribution >= 0.6 is 0 Å². The van der Waals surface area contributed by atoms with Gasteiger partial charge in [-0.3, -0.25) is 4.55 Å². The second-order valence-electron chi connectivity index (χ2n) is 1.04. The first-order chi connectivity index (χ1) is 3.10. The number of carbonyl (C=O) groups is 1. The number of hydrogen-bond acceptors (Lipinski definition) is 3. The van der Waals surface area contributed by atoms with Crippen LogP contribution in [-0.4, -0.2) is 20.1 Å². The molecule has 0 fully saturated rings. The largest absolute Gasteiger partial charge is 0.359 e. The molecule has 0 amide bonds. The van der Waals surface area contributed by atoms with E-state index in [1.165, 1.54) is 0 Å². The molecule has 0 bridgehead atoms. The third-order valence-electron chi connectivity index (χ3n) is 0.447. The summed E-state index contributed by atoms with van der Waals surface area (Å²) in [6.07, 6.45) is 0. The molecule has 1 heterocycles. The Morgan fingerprint density at radius 2 is 2.29 bits per heavy atom. The maximum atomic E-state index is 9.91. The number of hydrogen-bond donors (Lipinski definition) is 1. The van der Waals surface area contributed by atoms with E-state index < -0.39 is 16.1 Å². The summed E-state index contributed by atoms with van der Waals surface area (Å²) in [5, 5.41) is 0.632. The van der Waals surface area contributed by atoms with Gasteiger partial charge in [-0.25, -0.2) is 4.79 Å². The fourth-order valence-corrected chi connectivity index (χ4v) is 0.720. The van der Waals surface area contributed by atoms with Gasteiger partial charge in [-0.15, -0.1) is 0 Å². The second-order valence-corrected chi connectivity index (χ2v) is 2.47. The standard InChI is InChI=1S/C2H2O4S/c3-2-1-7(4,5)6-2/h1H,(H,4,5). The van der Waals surface area contributed by atoms with E-state index in [1.54, 1.807) is 0 Å². The summed E-state index contributed by atoms with van der Waals surface area (Å²) in [7, 11) is -3.26. The zero-order chi connectivity index (χ0) is 5.49. The van der Waals surface area contributed by atoms with Crippen LogP contribution in [0, 0.1) is 0 Å². The van der Waals surface area contributed by atoms with Gasteiger partial charge in [0.05, 0.1) is 0 Å². The predicted molar refractivity (Wildman–Crippen MR) is 22.9 cm³/mol. The Bertz CT molecular complexity index is 208. The molecule has 0 aromatic rings. The molecular weight excluding hydrogens is 120 g/mol. The minimum Gasteiger partial charge on any atom is -0.348 e. The van der Waals surface area contributed by atoms with Crippen LogP contribution in [0.4, 0.5) is 0 Å². The molecule has 0 saturated carbocycles. The molecule has 1 atom stereocenters. The van der Waals surface area contributed by atoms with Crippen LogP contribution in [0.25, 0.3) is 0 Å². The molecule has 0 aromatic carbocycles. The summed E-state index contributed by atoms with van der Waals surface area (Å²) < 4.78 is 21.7. The molecule has 1 N–H and O–H groups in total. The van der Waals surface area contributed by atoms with Gasteiger partial charge in [0.1, 0.15) is 5.37 Å². The minimum atomic E-state index is -3.26. The topological polar surface area (TPSA) is 63.6 Å². The summed E-state index contributed by atoms with van der Waals surface area (Å²) in [6.45, 7) is 0.